The predicted molar refractivity (Wildman–Crippen MR) is 81.6 cm³/mol. The molecule has 0 spiro atoms. The van der Waals surface area contributed by atoms with Crippen LogP contribution in [0.3, 0.4) is 0 Å². The van der Waals surface area contributed by atoms with Gasteiger partial charge in [0.2, 0.25) is 5.91 Å². The number of likely N-dealkylation sites (N-methyl/N-ethyl adjacent to an activating group) is 1. The van der Waals surface area contributed by atoms with E-state index >= 15 is 0 Å². The highest BCUT2D eigenvalue weighted by Crippen LogP contribution is 2.17. The maximum atomic E-state index is 12.4. The summed E-state index contributed by atoms with van der Waals surface area (Å²) in [4.78, 5) is 14.1. The van der Waals surface area contributed by atoms with Crippen molar-refractivity contribution >= 4 is 5.91 Å². The van der Waals surface area contributed by atoms with Crippen molar-refractivity contribution in [3.05, 3.63) is 29.8 Å². The Hall–Kier alpha value is -1.55. The fraction of sp³-hybridized carbons (Fsp3) is 0.562. The molecular weight excluding hydrogens is 252 g/mol. The summed E-state index contributed by atoms with van der Waals surface area (Å²) in [5.41, 5.74) is 6.47. The van der Waals surface area contributed by atoms with Crippen LogP contribution >= 0.6 is 0 Å². The van der Waals surface area contributed by atoms with Crippen molar-refractivity contribution in [2.45, 2.75) is 45.7 Å². The van der Waals surface area contributed by atoms with E-state index in [1.807, 2.05) is 45.0 Å². The van der Waals surface area contributed by atoms with Gasteiger partial charge in [0.1, 0.15) is 5.75 Å². The second kappa shape index (κ2) is 7.29. The molecule has 0 atom stereocenters. The molecule has 0 heterocycles. The van der Waals surface area contributed by atoms with Gasteiger partial charge in [-0.2, -0.15) is 0 Å². The van der Waals surface area contributed by atoms with Gasteiger partial charge in [0.05, 0.1) is 12.1 Å². The number of hydrogen-bond donors (Lipinski definition) is 1. The molecule has 2 N–H and O–H groups in total. The van der Waals surface area contributed by atoms with Gasteiger partial charge >= 0.3 is 0 Å². The van der Waals surface area contributed by atoms with E-state index in [1.165, 1.54) is 0 Å². The zero-order valence-corrected chi connectivity index (χ0v) is 13.0. The third-order valence-electron chi connectivity index (χ3n) is 3.69. The number of ether oxygens (including phenoxy) is 1. The van der Waals surface area contributed by atoms with E-state index in [2.05, 4.69) is 0 Å². The molecule has 20 heavy (non-hydrogen) atoms. The number of carbonyl (C=O) groups is 1. The van der Waals surface area contributed by atoms with Gasteiger partial charge in [0.25, 0.3) is 0 Å². The van der Waals surface area contributed by atoms with Crippen molar-refractivity contribution in [1.29, 1.82) is 0 Å². The summed E-state index contributed by atoms with van der Waals surface area (Å²) in [6.07, 6.45) is 1.30. The second-order valence-corrected chi connectivity index (χ2v) is 5.10. The van der Waals surface area contributed by atoms with Gasteiger partial charge < -0.3 is 15.4 Å². The molecule has 1 rings (SSSR count). The summed E-state index contributed by atoms with van der Waals surface area (Å²) in [6, 6.07) is 7.80. The highest BCUT2D eigenvalue weighted by molar-refractivity contribution is 5.85. The molecular formula is C16H26N2O2. The molecule has 0 bridgehead atoms. The first-order valence-corrected chi connectivity index (χ1v) is 7.23. The lowest BCUT2D eigenvalue weighted by molar-refractivity contribution is -0.136. The molecule has 0 fully saturated rings. The largest absolute Gasteiger partial charge is 0.494 e. The van der Waals surface area contributed by atoms with Crippen LogP contribution in [0.4, 0.5) is 0 Å². The Balaban J connectivity index is 2.70. The number of benzene rings is 1. The van der Waals surface area contributed by atoms with E-state index in [-0.39, 0.29) is 5.91 Å². The van der Waals surface area contributed by atoms with Crippen LogP contribution in [0.15, 0.2) is 24.3 Å². The molecule has 4 heteroatoms. The summed E-state index contributed by atoms with van der Waals surface area (Å²) in [6.45, 7) is 7.07. The van der Waals surface area contributed by atoms with Gasteiger partial charge in [-0.25, -0.2) is 0 Å². The van der Waals surface area contributed by atoms with E-state index in [1.54, 1.807) is 11.9 Å². The molecule has 0 unspecified atom stereocenters. The Bertz CT molecular complexity index is 425. The Labute approximate surface area is 121 Å². The topological polar surface area (TPSA) is 55.6 Å². The van der Waals surface area contributed by atoms with Crippen molar-refractivity contribution < 1.29 is 9.53 Å². The minimum absolute atomic E-state index is 0.00335. The van der Waals surface area contributed by atoms with Crippen LogP contribution in [0.5, 0.6) is 5.75 Å². The fourth-order valence-electron chi connectivity index (χ4n) is 2.14. The van der Waals surface area contributed by atoms with Crippen LogP contribution in [0.25, 0.3) is 0 Å². The lowest BCUT2D eigenvalue weighted by Gasteiger charge is -2.30. The Morgan fingerprint density at radius 1 is 1.20 bits per heavy atom. The van der Waals surface area contributed by atoms with Crippen LogP contribution in [-0.4, -0.2) is 30.0 Å². The van der Waals surface area contributed by atoms with Crippen LogP contribution in [-0.2, 0) is 11.3 Å². The Kier molecular flexibility index (Phi) is 6.02. The van der Waals surface area contributed by atoms with E-state index in [9.17, 15) is 4.79 Å². The predicted octanol–water partition coefficient (Wildman–Crippen LogP) is 2.56. The maximum Gasteiger partial charge on any atom is 0.242 e. The first-order chi connectivity index (χ1) is 9.46. The standard InChI is InChI=1S/C16H26N2O2/c1-5-16(17,6-2)15(19)18(4)12-13-8-10-14(11-9-13)20-7-3/h8-11H,5-7,12,17H2,1-4H3. The smallest absolute Gasteiger partial charge is 0.242 e. The van der Waals surface area contributed by atoms with Gasteiger partial charge in [-0.15, -0.1) is 0 Å². The number of hydrogen-bond acceptors (Lipinski definition) is 3. The van der Waals surface area contributed by atoms with E-state index in [0.29, 0.717) is 26.0 Å². The first kappa shape index (κ1) is 16.5. The molecule has 0 radical (unpaired) electrons. The van der Waals surface area contributed by atoms with Crippen molar-refractivity contribution in [2.75, 3.05) is 13.7 Å². The molecule has 4 nitrogen and oxygen atoms in total. The number of nitrogens with zero attached hydrogens (tertiary/aromatic N) is 1. The molecule has 0 aliphatic heterocycles. The summed E-state index contributed by atoms with van der Waals surface area (Å²) < 4.78 is 5.40. The van der Waals surface area contributed by atoms with Gasteiger partial charge in [0, 0.05) is 13.6 Å². The molecule has 0 aliphatic rings. The minimum atomic E-state index is -0.750. The van der Waals surface area contributed by atoms with Crippen LogP contribution < -0.4 is 10.5 Å². The quantitative estimate of drug-likeness (QED) is 0.834. The molecule has 0 aromatic heterocycles. The van der Waals surface area contributed by atoms with E-state index in [0.717, 1.165) is 11.3 Å². The molecule has 0 saturated heterocycles. The normalized spacial score (nSPS) is 11.2. The summed E-state index contributed by atoms with van der Waals surface area (Å²) in [5.74, 6) is 0.844. The average Bonchev–Trinajstić information content (AvgIpc) is 2.48. The highest BCUT2D eigenvalue weighted by Gasteiger charge is 2.32. The lowest BCUT2D eigenvalue weighted by atomic mass is 9.92. The first-order valence-electron chi connectivity index (χ1n) is 7.23. The van der Waals surface area contributed by atoms with Crippen molar-refractivity contribution in [3.8, 4) is 5.75 Å². The zero-order chi connectivity index (χ0) is 15.2. The van der Waals surface area contributed by atoms with Crippen LogP contribution in [0.1, 0.15) is 39.2 Å². The van der Waals surface area contributed by atoms with E-state index in [4.69, 9.17) is 10.5 Å². The van der Waals surface area contributed by atoms with Crippen molar-refractivity contribution in [3.63, 3.8) is 0 Å². The fourth-order valence-corrected chi connectivity index (χ4v) is 2.14. The summed E-state index contributed by atoms with van der Waals surface area (Å²) in [5, 5.41) is 0. The maximum absolute atomic E-state index is 12.4. The number of carbonyl (C=O) groups excluding carboxylic acids is 1. The molecule has 0 saturated carbocycles. The van der Waals surface area contributed by atoms with Gasteiger partial charge in [-0.05, 0) is 37.5 Å². The summed E-state index contributed by atoms with van der Waals surface area (Å²) >= 11 is 0. The molecule has 0 aliphatic carbocycles. The summed E-state index contributed by atoms with van der Waals surface area (Å²) in [7, 11) is 1.80. The average molecular weight is 278 g/mol. The van der Waals surface area contributed by atoms with Crippen molar-refractivity contribution in [1.82, 2.24) is 4.90 Å². The molecule has 1 aromatic rings. The highest BCUT2D eigenvalue weighted by atomic mass is 16.5. The lowest BCUT2D eigenvalue weighted by Crippen LogP contribution is -2.53. The number of amides is 1. The Morgan fingerprint density at radius 2 is 1.75 bits per heavy atom. The third kappa shape index (κ3) is 3.97. The SMILES string of the molecule is CCOc1ccc(CN(C)C(=O)C(N)(CC)CC)cc1. The van der Waals surface area contributed by atoms with Crippen LogP contribution in [0.2, 0.25) is 0 Å². The Morgan fingerprint density at radius 3 is 2.20 bits per heavy atom. The molecule has 1 aromatic carbocycles. The molecule has 1 amide bonds. The van der Waals surface area contributed by atoms with Crippen molar-refractivity contribution in [2.24, 2.45) is 5.73 Å². The number of nitrogens with two attached hydrogens (primary N) is 1. The van der Waals surface area contributed by atoms with Gasteiger partial charge in [0.15, 0.2) is 0 Å². The van der Waals surface area contributed by atoms with Gasteiger partial charge in [-0.3, -0.25) is 4.79 Å². The third-order valence-corrected chi connectivity index (χ3v) is 3.69. The minimum Gasteiger partial charge on any atom is -0.494 e. The number of rotatable bonds is 7. The van der Waals surface area contributed by atoms with Gasteiger partial charge in [-0.1, -0.05) is 26.0 Å². The van der Waals surface area contributed by atoms with E-state index < -0.39 is 5.54 Å². The molecule has 112 valence electrons. The van der Waals surface area contributed by atoms with Crippen LogP contribution in [0, 0.1) is 0 Å². The second-order valence-electron chi connectivity index (χ2n) is 5.10. The monoisotopic (exact) mass is 278 g/mol. The zero-order valence-electron chi connectivity index (χ0n) is 13.0.